The molecule has 0 bridgehead atoms. The summed E-state index contributed by atoms with van der Waals surface area (Å²) in [6.45, 7) is 2.36. The van der Waals surface area contributed by atoms with Crippen LogP contribution in [0.2, 0.25) is 0 Å². The molecule has 0 aliphatic carbocycles. The minimum Gasteiger partial charge on any atom is -0.361 e. The molecule has 0 unspecified atom stereocenters. The molecule has 0 atom stereocenters. The number of fused-ring (bicyclic) bond motifs is 1. The molecule has 2 amide bonds. The van der Waals surface area contributed by atoms with E-state index in [2.05, 4.69) is 16.4 Å². The van der Waals surface area contributed by atoms with Gasteiger partial charge in [-0.2, -0.15) is 0 Å². The van der Waals surface area contributed by atoms with Gasteiger partial charge in [0.1, 0.15) is 5.82 Å². The van der Waals surface area contributed by atoms with Gasteiger partial charge in [0, 0.05) is 55.6 Å². The van der Waals surface area contributed by atoms with Gasteiger partial charge in [0.25, 0.3) is 0 Å². The average Bonchev–Trinajstić information content (AvgIpc) is 3.09. The molecule has 3 rings (SSSR count). The zero-order valence-corrected chi connectivity index (χ0v) is 15.9. The van der Waals surface area contributed by atoms with Crippen LogP contribution in [0.5, 0.6) is 0 Å². The number of carbonyl (C=O) groups is 2. The van der Waals surface area contributed by atoms with E-state index in [9.17, 15) is 14.0 Å². The fourth-order valence-corrected chi connectivity index (χ4v) is 3.18. The molecule has 0 spiro atoms. The summed E-state index contributed by atoms with van der Waals surface area (Å²) in [5, 5.41) is 4.05. The monoisotopic (exact) mass is 381 g/mol. The lowest BCUT2D eigenvalue weighted by molar-refractivity contribution is -0.130. The summed E-state index contributed by atoms with van der Waals surface area (Å²) < 4.78 is 13.8. The van der Waals surface area contributed by atoms with Crippen LogP contribution in [-0.4, -0.2) is 34.8 Å². The maximum Gasteiger partial charge on any atom is 0.221 e. The van der Waals surface area contributed by atoms with Crippen LogP contribution >= 0.6 is 0 Å². The molecule has 0 saturated carbocycles. The molecule has 146 valence electrons. The molecule has 2 aromatic carbocycles. The maximum absolute atomic E-state index is 13.8. The molecule has 1 heterocycles. The normalized spacial score (nSPS) is 10.8. The van der Waals surface area contributed by atoms with Crippen molar-refractivity contribution in [2.75, 3.05) is 13.1 Å². The summed E-state index contributed by atoms with van der Waals surface area (Å²) in [5.74, 6) is -0.661. The van der Waals surface area contributed by atoms with Gasteiger partial charge in [0.2, 0.25) is 11.8 Å². The number of amides is 2. The minimum atomic E-state index is -0.350. The second-order valence-corrected chi connectivity index (χ2v) is 6.74. The first kappa shape index (κ1) is 19.6. The number of benzene rings is 2. The zero-order valence-electron chi connectivity index (χ0n) is 15.9. The van der Waals surface area contributed by atoms with Gasteiger partial charge in [-0.1, -0.05) is 36.4 Å². The lowest BCUT2D eigenvalue weighted by atomic mass is 10.1. The van der Waals surface area contributed by atoms with Crippen LogP contribution in [0.1, 0.15) is 24.5 Å². The topological polar surface area (TPSA) is 65.2 Å². The minimum absolute atomic E-state index is 0.125. The molecular weight excluding hydrogens is 357 g/mol. The quantitative estimate of drug-likeness (QED) is 0.628. The zero-order chi connectivity index (χ0) is 19.9. The Kier molecular flexibility index (Phi) is 6.42. The number of nitrogens with zero attached hydrogens (tertiary/aromatic N) is 1. The van der Waals surface area contributed by atoms with Crippen molar-refractivity contribution in [3.05, 3.63) is 71.7 Å². The predicted molar refractivity (Wildman–Crippen MR) is 107 cm³/mol. The lowest BCUT2D eigenvalue weighted by Crippen LogP contribution is -2.34. The van der Waals surface area contributed by atoms with Gasteiger partial charge in [0.05, 0.1) is 0 Å². The van der Waals surface area contributed by atoms with Crippen LogP contribution in [-0.2, 0) is 22.6 Å². The van der Waals surface area contributed by atoms with Gasteiger partial charge in [-0.05, 0) is 24.1 Å². The van der Waals surface area contributed by atoms with Crippen LogP contribution in [0, 0.1) is 5.82 Å². The van der Waals surface area contributed by atoms with Gasteiger partial charge >= 0.3 is 0 Å². The van der Waals surface area contributed by atoms with E-state index in [0.29, 0.717) is 12.1 Å². The molecule has 0 aliphatic heterocycles. The maximum atomic E-state index is 13.8. The lowest BCUT2D eigenvalue weighted by Gasteiger charge is -2.21. The predicted octanol–water partition coefficient (Wildman–Crippen LogP) is 3.40. The molecule has 2 N–H and O–H groups in total. The van der Waals surface area contributed by atoms with E-state index in [1.165, 1.54) is 17.9 Å². The summed E-state index contributed by atoms with van der Waals surface area (Å²) >= 11 is 0. The smallest absolute Gasteiger partial charge is 0.221 e. The SMILES string of the molecule is CC(=O)N(CCC(=O)NCCc1c[nH]c2ccccc12)Cc1ccccc1F. The molecule has 28 heavy (non-hydrogen) atoms. The summed E-state index contributed by atoms with van der Waals surface area (Å²) in [7, 11) is 0. The summed E-state index contributed by atoms with van der Waals surface area (Å²) in [6.07, 6.45) is 2.87. The van der Waals surface area contributed by atoms with Crippen molar-refractivity contribution in [2.24, 2.45) is 0 Å². The van der Waals surface area contributed by atoms with Crippen LogP contribution in [0.25, 0.3) is 10.9 Å². The highest BCUT2D eigenvalue weighted by molar-refractivity contribution is 5.83. The van der Waals surface area contributed by atoms with Crippen molar-refractivity contribution in [3.63, 3.8) is 0 Å². The van der Waals surface area contributed by atoms with Crippen molar-refractivity contribution < 1.29 is 14.0 Å². The molecule has 0 fully saturated rings. The standard InChI is InChI=1S/C22H24FN3O2/c1-16(27)26(15-18-6-2-4-8-20(18)23)13-11-22(28)24-12-10-17-14-25-21-9-5-3-7-19(17)21/h2-9,14,25H,10-13,15H2,1H3,(H,24,28). The first-order chi connectivity index (χ1) is 13.5. The van der Waals surface area contributed by atoms with Crippen molar-refractivity contribution in [2.45, 2.75) is 26.3 Å². The molecule has 3 aromatic rings. The van der Waals surface area contributed by atoms with Crippen molar-refractivity contribution in [1.29, 1.82) is 0 Å². The fourth-order valence-electron chi connectivity index (χ4n) is 3.18. The van der Waals surface area contributed by atoms with E-state index in [1.54, 1.807) is 18.2 Å². The third-order valence-electron chi connectivity index (χ3n) is 4.76. The number of H-pyrrole nitrogens is 1. The first-order valence-electron chi connectivity index (χ1n) is 9.35. The fraction of sp³-hybridized carbons (Fsp3) is 0.273. The van der Waals surface area contributed by atoms with Gasteiger partial charge in [0.15, 0.2) is 0 Å². The molecule has 0 saturated heterocycles. The molecule has 0 aliphatic rings. The Morgan fingerprint density at radius 3 is 2.61 bits per heavy atom. The third kappa shape index (κ3) is 4.97. The number of hydrogen-bond acceptors (Lipinski definition) is 2. The van der Waals surface area contributed by atoms with Crippen molar-refractivity contribution >= 4 is 22.7 Å². The van der Waals surface area contributed by atoms with Crippen LogP contribution < -0.4 is 5.32 Å². The number of hydrogen-bond donors (Lipinski definition) is 2. The average molecular weight is 381 g/mol. The second kappa shape index (κ2) is 9.17. The van der Waals surface area contributed by atoms with E-state index in [4.69, 9.17) is 0 Å². The van der Waals surface area contributed by atoms with E-state index in [1.807, 2.05) is 24.4 Å². The van der Waals surface area contributed by atoms with Crippen molar-refractivity contribution in [3.8, 4) is 0 Å². The Bertz CT molecular complexity index is 967. The second-order valence-electron chi connectivity index (χ2n) is 6.74. The van der Waals surface area contributed by atoms with E-state index in [-0.39, 0.29) is 37.1 Å². The number of aromatic amines is 1. The Hall–Kier alpha value is -3.15. The van der Waals surface area contributed by atoms with Gasteiger partial charge < -0.3 is 15.2 Å². The third-order valence-corrected chi connectivity index (χ3v) is 4.76. The molecule has 1 aromatic heterocycles. The summed E-state index contributed by atoms with van der Waals surface area (Å²) in [5.41, 5.74) is 2.67. The van der Waals surface area contributed by atoms with Gasteiger partial charge in [-0.25, -0.2) is 4.39 Å². The van der Waals surface area contributed by atoms with Gasteiger partial charge in [-0.15, -0.1) is 0 Å². The molecule has 5 nitrogen and oxygen atoms in total. The highest BCUT2D eigenvalue weighted by atomic mass is 19.1. The largest absolute Gasteiger partial charge is 0.361 e. The van der Waals surface area contributed by atoms with E-state index >= 15 is 0 Å². The number of nitrogens with one attached hydrogen (secondary N) is 2. The Morgan fingerprint density at radius 2 is 1.82 bits per heavy atom. The van der Waals surface area contributed by atoms with Crippen molar-refractivity contribution in [1.82, 2.24) is 15.2 Å². The Balaban J connectivity index is 1.47. The van der Waals surface area contributed by atoms with Crippen LogP contribution in [0.4, 0.5) is 4.39 Å². The highest BCUT2D eigenvalue weighted by Crippen LogP contribution is 2.17. The van der Waals surface area contributed by atoms with Crippen LogP contribution in [0.15, 0.2) is 54.7 Å². The summed E-state index contributed by atoms with van der Waals surface area (Å²) in [6, 6.07) is 14.4. The number of carbonyl (C=O) groups excluding carboxylic acids is 2. The molecular formula is C22H24FN3O2. The number of para-hydroxylation sites is 1. The Morgan fingerprint density at radius 1 is 1.07 bits per heavy atom. The van der Waals surface area contributed by atoms with Crippen LogP contribution in [0.3, 0.4) is 0 Å². The number of halogens is 1. The van der Waals surface area contributed by atoms with Gasteiger partial charge in [-0.3, -0.25) is 9.59 Å². The summed E-state index contributed by atoms with van der Waals surface area (Å²) in [4.78, 5) is 28.7. The highest BCUT2D eigenvalue weighted by Gasteiger charge is 2.14. The molecule has 6 heteroatoms. The number of aromatic nitrogens is 1. The van der Waals surface area contributed by atoms with E-state index < -0.39 is 0 Å². The van der Waals surface area contributed by atoms with E-state index in [0.717, 1.165) is 22.9 Å². The first-order valence-corrected chi connectivity index (χ1v) is 9.35. The molecule has 0 radical (unpaired) electrons. The number of rotatable bonds is 8. The Labute approximate surface area is 163 Å².